The van der Waals surface area contributed by atoms with Crippen molar-refractivity contribution in [1.29, 1.82) is 0 Å². The van der Waals surface area contributed by atoms with Gasteiger partial charge in [0.15, 0.2) is 0 Å². The molecule has 0 amide bonds. The third-order valence-corrected chi connectivity index (χ3v) is 11.4. The van der Waals surface area contributed by atoms with Gasteiger partial charge >= 0.3 is 5.97 Å². The van der Waals surface area contributed by atoms with Gasteiger partial charge in [-0.25, -0.2) is 0 Å². The lowest BCUT2D eigenvalue weighted by Gasteiger charge is -2.63. The standard InChI is InChI=1S/C30H50O2/c1-20(2)9-8-10-21(3)25-14-17-30(7)27-12-11-23-19-24(32-22(4)31)13-16-28(23,5)26(27)15-18-29(25,30)6/h11,20-21,24-27H,8-10,12-19H2,1-7H3/t21?,24-,25+,26-,27+,28-,29+,30-/m0/s1. The van der Waals surface area contributed by atoms with E-state index in [0.717, 1.165) is 42.4 Å². The SMILES string of the molecule is CC(=O)O[C@H]1CC[C@@]2(C)C(=CC[C@@H]3[C@@H]2CC[C@]2(C)[C@@H](C(C)CCCC(C)C)CC[C@@]32C)C1. The lowest BCUT2D eigenvalue weighted by atomic mass is 9.42. The van der Waals surface area contributed by atoms with Crippen molar-refractivity contribution in [3.8, 4) is 0 Å². The van der Waals surface area contributed by atoms with E-state index >= 15 is 0 Å². The first-order valence-corrected chi connectivity index (χ1v) is 13.9. The molecule has 4 aliphatic rings. The summed E-state index contributed by atoms with van der Waals surface area (Å²) in [7, 11) is 0. The zero-order chi connectivity index (χ0) is 23.3. The molecule has 0 N–H and O–H groups in total. The van der Waals surface area contributed by atoms with Crippen LogP contribution in [0.25, 0.3) is 0 Å². The summed E-state index contributed by atoms with van der Waals surface area (Å²) in [5, 5.41) is 0. The molecule has 0 heterocycles. The van der Waals surface area contributed by atoms with E-state index in [4.69, 9.17) is 4.74 Å². The van der Waals surface area contributed by atoms with Crippen molar-refractivity contribution in [3.05, 3.63) is 11.6 Å². The second-order valence-corrected chi connectivity index (χ2v) is 13.4. The number of carbonyl (C=O) groups is 1. The van der Waals surface area contributed by atoms with Crippen LogP contribution in [0.1, 0.15) is 119 Å². The van der Waals surface area contributed by atoms with E-state index in [2.05, 4.69) is 47.6 Å². The summed E-state index contributed by atoms with van der Waals surface area (Å²) < 4.78 is 5.63. The molecular weight excluding hydrogens is 392 g/mol. The molecule has 3 saturated carbocycles. The van der Waals surface area contributed by atoms with E-state index in [9.17, 15) is 4.79 Å². The number of hydrogen-bond acceptors (Lipinski definition) is 2. The molecule has 0 aromatic rings. The minimum atomic E-state index is -0.117. The number of ether oxygens (including phenoxy) is 1. The largest absolute Gasteiger partial charge is 0.462 e. The molecular formula is C30H50O2. The number of fused-ring (bicyclic) bond motifs is 5. The zero-order valence-corrected chi connectivity index (χ0v) is 22.1. The molecule has 2 heteroatoms. The first kappa shape index (κ1) is 24.3. The first-order chi connectivity index (χ1) is 15.0. The van der Waals surface area contributed by atoms with Crippen molar-refractivity contribution in [2.45, 2.75) is 125 Å². The molecule has 0 saturated heterocycles. The number of hydrogen-bond donors (Lipinski definition) is 0. The van der Waals surface area contributed by atoms with Crippen LogP contribution >= 0.6 is 0 Å². The molecule has 4 rings (SSSR count). The van der Waals surface area contributed by atoms with E-state index in [0.29, 0.717) is 16.2 Å². The van der Waals surface area contributed by atoms with Crippen molar-refractivity contribution >= 4 is 5.97 Å². The molecule has 8 atom stereocenters. The third-order valence-electron chi connectivity index (χ3n) is 11.4. The van der Waals surface area contributed by atoms with Gasteiger partial charge in [0.2, 0.25) is 0 Å². The summed E-state index contributed by atoms with van der Waals surface area (Å²) in [6.45, 7) is 16.8. The van der Waals surface area contributed by atoms with Crippen LogP contribution in [-0.2, 0) is 9.53 Å². The van der Waals surface area contributed by atoms with Gasteiger partial charge in [0, 0.05) is 13.3 Å². The Bertz CT molecular complexity index is 737. The molecule has 0 radical (unpaired) electrons. The van der Waals surface area contributed by atoms with Gasteiger partial charge in [0.25, 0.3) is 0 Å². The van der Waals surface area contributed by atoms with Gasteiger partial charge in [-0.15, -0.1) is 0 Å². The van der Waals surface area contributed by atoms with Crippen molar-refractivity contribution < 1.29 is 9.53 Å². The Labute approximate surface area is 198 Å². The normalized spacial score (nSPS) is 44.3. The molecule has 0 aliphatic heterocycles. The molecule has 1 unspecified atom stereocenters. The quantitative estimate of drug-likeness (QED) is 0.305. The Morgan fingerprint density at radius 2 is 1.72 bits per heavy atom. The Morgan fingerprint density at radius 1 is 1.00 bits per heavy atom. The smallest absolute Gasteiger partial charge is 0.302 e. The number of allylic oxidation sites excluding steroid dienone is 1. The van der Waals surface area contributed by atoms with E-state index in [1.54, 1.807) is 12.5 Å². The molecule has 0 spiro atoms. The van der Waals surface area contributed by atoms with Gasteiger partial charge in [-0.3, -0.25) is 4.79 Å². The minimum absolute atomic E-state index is 0.107. The first-order valence-electron chi connectivity index (χ1n) is 13.9. The maximum Gasteiger partial charge on any atom is 0.302 e. The van der Waals surface area contributed by atoms with Gasteiger partial charge < -0.3 is 4.74 Å². The molecule has 4 aliphatic carbocycles. The molecule has 0 aromatic heterocycles. The Balaban J connectivity index is 1.52. The zero-order valence-electron chi connectivity index (χ0n) is 22.1. The van der Waals surface area contributed by atoms with Crippen LogP contribution in [0, 0.1) is 45.8 Å². The second kappa shape index (κ2) is 8.77. The van der Waals surface area contributed by atoms with Gasteiger partial charge in [-0.2, -0.15) is 0 Å². The molecule has 182 valence electrons. The van der Waals surface area contributed by atoms with Crippen LogP contribution in [0.2, 0.25) is 0 Å². The van der Waals surface area contributed by atoms with E-state index in [1.807, 2.05) is 0 Å². The Morgan fingerprint density at radius 3 is 2.41 bits per heavy atom. The van der Waals surface area contributed by atoms with Gasteiger partial charge in [-0.05, 0) is 90.8 Å². The Hall–Kier alpha value is -0.790. The average Bonchev–Trinajstić information content (AvgIpc) is 2.99. The summed E-state index contributed by atoms with van der Waals surface area (Å²) in [5.41, 5.74) is 2.91. The van der Waals surface area contributed by atoms with E-state index in [-0.39, 0.29) is 12.1 Å². The predicted molar refractivity (Wildman–Crippen MR) is 133 cm³/mol. The van der Waals surface area contributed by atoms with Crippen molar-refractivity contribution in [1.82, 2.24) is 0 Å². The van der Waals surface area contributed by atoms with Gasteiger partial charge in [0.1, 0.15) is 6.10 Å². The second-order valence-electron chi connectivity index (χ2n) is 13.4. The minimum Gasteiger partial charge on any atom is -0.462 e. The average molecular weight is 443 g/mol. The summed E-state index contributed by atoms with van der Waals surface area (Å²) >= 11 is 0. The summed E-state index contributed by atoms with van der Waals surface area (Å²) in [6, 6.07) is 0. The molecule has 0 bridgehead atoms. The third kappa shape index (κ3) is 3.90. The van der Waals surface area contributed by atoms with E-state index < -0.39 is 0 Å². The monoisotopic (exact) mass is 442 g/mol. The predicted octanol–water partition coefficient (Wildman–Crippen LogP) is 8.35. The van der Waals surface area contributed by atoms with Crippen molar-refractivity contribution in [2.24, 2.45) is 45.8 Å². The van der Waals surface area contributed by atoms with Crippen molar-refractivity contribution in [3.63, 3.8) is 0 Å². The highest BCUT2D eigenvalue weighted by Crippen LogP contribution is 2.72. The number of rotatable bonds is 6. The Kier molecular flexibility index (Phi) is 6.67. The molecule has 32 heavy (non-hydrogen) atoms. The fourth-order valence-corrected chi connectivity index (χ4v) is 9.36. The topological polar surface area (TPSA) is 26.3 Å². The van der Waals surface area contributed by atoms with Crippen LogP contribution in [-0.4, -0.2) is 12.1 Å². The molecule has 3 fully saturated rings. The summed E-state index contributed by atoms with van der Waals surface area (Å²) in [5.74, 6) is 4.12. The molecule has 0 aromatic carbocycles. The van der Waals surface area contributed by atoms with E-state index in [1.165, 1.54) is 57.8 Å². The lowest BCUT2D eigenvalue weighted by molar-refractivity contribution is -0.150. The highest BCUT2D eigenvalue weighted by molar-refractivity contribution is 5.66. The fraction of sp³-hybridized carbons (Fsp3) is 0.900. The van der Waals surface area contributed by atoms with Crippen LogP contribution in [0.5, 0.6) is 0 Å². The lowest BCUT2D eigenvalue weighted by Crippen LogP contribution is -2.55. The van der Waals surface area contributed by atoms with Gasteiger partial charge in [-0.1, -0.05) is 72.5 Å². The van der Waals surface area contributed by atoms with Gasteiger partial charge in [0.05, 0.1) is 0 Å². The summed E-state index contributed by atoms with van der Waals surface area (Å²) in [6.07, 6.45) is 17.1. The van der Waals surface area contributed by atoms with Crippen LogP contribution in [0.4, 0.5) is 0 Å². The van der Waals surface area contributed by atoms with Crippen LogP contribution in [0.15, 0.2) is 11.6 Å². The number of esters is 1. The maximum atomic E-state index is 11.5. The van der Waals surface area contributed by atoms with Crippen LogP contribution < -0.4 is 0 Å². The number of carbonyl (C=O) groups excluding carboxylic acids is 1. The van der Waals surface area contributed by atoms with Crippen LogP contribution in [0.3, 0.4) is 0 Å². The highest BCUT2D eigenvalue weighted by Gasteiger charge is 2.64. The van der Waals surface area contributed by atoms with Crippen molar-refractivity contribution in [2.75, 3.05) is 0 Å². The molecule has 2 nitrogen and oxygen atoms in total. The highest BCUT2D eigenvalue weighted by atomic mass is 16.5. The summed E-state index contributed by atoms with van der Waals surface area (Å²) in [4.78, 5) is 11.5. The maximum absolute atomic E-state index is 11.5. The fourth-order valence-electron chi connectivity index (χ4n) is 9.36.